The molecule has 0 fully saturated rings. The number of fused-ring (bicyclic) bond motifs is 6. The summed E-state index contributed by atoms with van der Waals surface area (Å²) in [7, 11) is 3.24. The van der Waals surface area contributed by atoms with Crippen molar-refractivity contribution in [3.05, 3.63) is 141 Å². The molecule has 0 saturated heterocycles. The number of benzene rings is 4. The standard InChI is InChI=1S/C55H63Cl2N9O10/c1-36-61-63-54-47(59-52(38-7-11-40(56)12-8-38)45-33-43(69-3)15-17-49(45)65(36)54)32-42(67)6-5-20-71-22-24-73-26-28-75-30-31-76-29-27-74-25-23-72-21-19-58-51(68)35-48-55-64-62-37(2)66(55)50-18-16-44(70-4)34-46(50)53(60-48)39-9-13-41(57)14-10-39/h7-18,33-34,47-48H,5-6,19-32,35H2,1-4H3,(H,58,68)/t47-,48-/m0/s1. The number of carbonyl (C=O) groups excluding carboxylic acids is 2. The normalized spacial score (nSPS) is 14.6. The molecule has 0 radical (unpaired) electrons. The SMILES string of the molecule is COc1ccc2c(c1)C(c1ccc(Cl)cc1)=N[C@@H](CC(=O)CCCOCCOCCOCCOCCOCCOCCNC(=O)C[C@@H]1N=C(c3ccc(Cl)cc3)c3cc(OC)ccc3-n3c(C)nnc31)c1nnc(C)n1-2. The molecule has 0 saturated carbocycles. The summed E-state index contributed by atoms with van der Waals surface area (Å²) in [5.74, 6) is 3.77. The molecule has 4 aromatic carbocycles. The molecule has 2 atom stereocenters. The van der Waals surface area contributed by atoms with Gasteiger partial charge in [-0.15, -0.1) is 20.4 Å². The van der Waals surface area contributed by atoms with Gasteiger partial charge in [0.25, 0.3) is 0 Å². The van der Waals surface area contributed by atoms with Gasteiger partial charge in [0.1, 0.15) is 41.0 Å². The van der Waals surface area contributed by atoms with Crippen molar-refractivity contribution in [1.82, 2.24) is 34.8 Å². The Balaban J connectivity index is 0.634. The molecule has 76 heavy (non-hydrogen) atoms. The van der Waals surface area contributed by atoms with Crippen LogP contribution >= 0.6 is 23.2 Å². The molecule has 2 aliphatic heterocycles. The number of aryl methyl sites for hydroxylation is 2. The molecule has 4 heterocycles. The number of amides is 1. The summed E-state index contributed by atoms with van der Waals surface area (Å²) in [6.45, 7) is 8.93. The Kier molecular flexibility index (Phi) is 20.6. The van der Waals surface area contributed by atoms with Gasteiger partial charge in [0.05, 0.1) is 116 Å². The summed E-state index contributed by atoms with van der Waals surface area (Å²) >= 11 is 12.5. The van der Waals surface area contributed by atoms with Gasteiger partial charge in [0.2, 0.25) is 5.91 Å². The molecule has 21 heteroatoms. The number of ether oxygens (including phenoxy) is 8. The van der Waals surface area contributed by atoms with E-state index in [-0.39, 0.29) is 24.5 Å². The van der Waals surface area contributed by atoms with Crippen molar-refractivity contribution in [1.29, 1.82) is 0 Å². The lowest BCUT2D eigenvalue weighted by atomic mass is 9.99. The van der Waals surface area contributed by atoms with E-state index in [9.17, 15) is 9.59 Å². The lowest BCUT2D eigenvalue weighted by Gasteiger charge is -2.14. The van der Waals surface area contributed by atoms with Crippen LogP contribution in [0.4, 0.5) is 0 Å². The highest BCUT2D eigenvalue weighted by molar-refractivity contribution is 6.31. The fourth-order valence-corrected chi connectivity index (χ4v) is 9.01. The van der Waals surface area contributed by atoms with E-state index in [1.807, 2.05) is 108 Å². The monoisotopic (exact) mass is 1080 g/mol. The van der Waals surface area contributed by atoms with Gasteiger partial charge in [-0.25, -0.2) is 0 Å². The average molecular weight is 1080 g/mol. The maximum atomic E-state index is 13.4. The number of ketones is 1. The minimum absolute atomic E-state index is 0.0530. The fraction of sp³-hybridized carbons (Fsp3) is 0.418. The first-order chi connectivity index (χ1) is 37.1. The van der Waals surface area contributed by atoms with Gasteiger partial charge < -0.3 is 43.2 Å². The zero-order valence-electron chi connectivity index (χ0n) is 43.2. The predicted octanol–water partition coefficient (Wildman–Crippen LogP) is 7.62. The van der Waals surface area contributed by atoms with Crippen LogP contribution in [0.5, 0.6) is 11.5 Å². The van der Waals surface area contributed by atoms with Gasteiger partial charge in [0, 0.05) is 58.3 Å². The number of halogens is 2. The minimum Gasteiger partial charge on any atom is -0.497 e. The lowest BCUT2D eigenvalue weighted by Crippen LogP contribution is -2.29. The summed E-state index contributed by atoms with van der Waals surface area (Å²) in [5.41, 5.74) is 6.49. The third-order valence-electron chi connectivity index (χ3n) is 12.5. The molecule has 0 bridgehead atoms. The zero-order chi connectivity index (χ0) is 53.2. The van der Waals surface area contributed by atoms with E-state index in [1.165, 1.54) is 0 Å². The number of hydrogen-bond acceptors (Lipinski definition) is 16. The Labute approximate surface area is 451 Å². The number of hydrogen-bond donors (Lipinski definition) is 1. The first kappa shape index (κ1) is 55.8. The third kappa shape index (κ3) is 14.7. The average Bonchev–Trinajstić information content (AvgIpc) is 3.94. The van der Waals surface area contributed by atoms with Crippen molar-refractivity contribution >= 4 is 46.3 Å². The summed E-state index contributed by atoms with van der Waals surface area (Å²) < 4.78 is 48.9. The minimum atomic E-state index is -0.607. The van der Waals surface area contributed by atoms with Crippen LogP contribution in [0, 0.1) is 13.8 Å². The van der Waals surface area contributed by atoms with E-state index >= 15 is 0 Å². The topological polar surface area (TPSA) is 206 Å². The summed E-state index contributed by atoms with van der Waals surface area (Å²) in [6, 6.07) is 25.3. The Morgan fingerprint density at radius 2 is 0.934 bits per heavy atom. The van der Waals surface area contributed by atoms with E-state index in [1.54, 1.807) is 14.2 Å². The van der Waals surface area contributed by atoms with Crippen LogP contribution in [0.15, 0.2) is 94.9 Å². The molecule has 6 aromatic rings. The Morgan fingerprint density at radius 3 is 1.37 bits per heavy atom. The van der Waals surface area contributed by atoms with E-state index in [0.29, 0.717) is 149 Å². The fourth-order valence-electron chi connectivity index (χ4n) is 8.75. The highest BCUT2D eigenvalue weighted by Gasteiger charge is 2.32. The summed E-state index contributed by atoms with van der Waals surface area (Å²) in [6.07, 6.45) is 1.13. The first-order valence-electron chi connectivity index (χ1n) is 25.3. The van der Waals surface area contributed by atoms with E-state index in [2.05, 4.69) is 25.7 Å². The van der Waals surface area contributed by atoms with Gasteiger partial charge in [-0.3, -0.25) is 28.7 Å². The maximum absolute atomic E-state index is 13.4. The Hall–Kier alpha value is -6.42. The van der Waals surface area contributed by atoms with Gasteiger partial charge in [-0.1, -0.05) is 47.5 Å². The maximum Gasteiger partial charge on any atom is 0.222 e. The Bertz CT molecular complexity index is 2750. The van der Waals surface area contributed by atoms with Crippen LogP contribution < -0.4 is 14.8 Å². The first-order valence-corrected chi connectivity index (χ1v) is 26.0. The van der Waals surface area contributed by atoms with Crippen LogP contribution in [0.1, 0.15) is 83.3 Å². The molecule has 2 aliphatic rings. The van der Waals surface area contributed by atoms with Crippen LogP contribution in [-0.4, -0.2) is 153 Å². The molecule has 1 amide bonds. The number of aliphatic imine (C=N–C) groups is 2. The molecule has 402 valence electrons. The number of methoxy groups -OCH3 is 2. The Morgan fingerprint density at radius 1 is 0.526 bits per heavy atom. The molecule has 0 aliphatic carbocycles. The number of nitrogens with zero attached hydrogens (tertiary/aromatic N) is 8. The van der Waals surface area contributed by atoms with Gasteiger partial charge in [-0.2, -0.15) is 0 Å². The number of rotatable bonds is 30. The highest BCUT2D eigenvalue weighted by atomic mass is 35.5. The highest BCUT2D eigenvalue weighted by Crippen LogP contribution is 2.36. The van der Waals surface area contributed by atoms with Gasteiger partial charge in [-0.05, 0) is 80.9 Å². The van der Waals surface area contributed by atoms with Crippen molar-refractivity contribution in [3.63, 3.8) is 0 Å². The molecule has 8 rings (SSSR count). The molecular weight excluding hydrogens is 1020 g/mol. The summed E-state index contributed by atoms with van der Waals surface area (Å²) in [4.78, 5) is 36.8. The van der Waals surface area contributed by atoms with Crippen molar-refractivity contribution < 1.29 is 47.5 Å². The number of nitrogens with one attached hydrogen (secondary N) is 1. The van der Waals surface area contributed by atoms with Crippen LogP contribution in [0.25, 0.3) is 11.4 Å². The largest absolute Gasteiger partial charge is 0.497 e. The predicted molar refractivity (Wildman–Crippen MR) is 286 cm³/mol. The third-order valence-corrected chi connectivity index (χ3v) is 13.0. The van der Waals surface area contributed by atoms with E-state index in [0.717, 1.165) is 39.3 Å². The van der Waals surface area contributed by atoms with Crippen LogP contribution in [-0.2, 0) is 38.0 Å². The number of aromatic nitrogens is 6. The molecule has 1 N–H and O–H groups in total. The molecule has 0 unspecified atom stereocenters. The van der Waals surface area contributed by atoms with Crippen molar-refractivity contribution in [2.75, 3.05) is 100 Å². The second-order valence-electron chi connectivity index (χ2n) is 17.7. The molecule has 2 aromatic heterocycles. The van der Waals surface area contributed by atoms with Crippen molar-refractivity contribution in [2.45, 2.75) is 51.6 Å². The van der Waals surface area contributed by atoms with Crippen LogP contribution in [0.2, 0.25) is 10.0 Å². The summed E-state index contributed by atoms with van der Waals surface area (Å²) in [5, 5.41) is 21.8. The lowest BCUT2D eigenvalue weighted by molar-refractivity contribution is -0.122. The quantitative estimate of drug-likeness (QED) is 0.0431. The second-order valence-corrected chi connectivity index (χ2v) is 18.6. The second kappa shape index (κ2) is 28.1. The smallest absolute Gasteiger partial charge is 0.222 e. The van der Waals surface area contributed by atoms with E-state index in [4.69, 9.17) is 71.1 Å². The molecule has 19 nitrogen and oxygen atoms in total. The number of Topliss-reactive ketones (excluding diaryl/α,β-unsaturated/α-hetero) is 1. The van der Waals surface area contributed by atoms with Crippen molar-refractivity contribution in [2.24, 2.45) is 9.98 Å². The van der Waals surface area contributed by atoms with Crippen molar-refractivity contribution in [3.8, 4) is 22.9 Å². The zero-order valence-corrected chi connectivity index (χ0v) is 44.7. The molecular formula is C55H63Cl2N9O10. The van der Waals surface area contributed by atoms with Crippen LogP contribution in [0.3, 0.4) is 0 Å². The molecule has 0 spiro atoms. The number of carbonyl (C=O) groups is 2. The van der Waals surface area contributed by atoms with E-state index < -0.39 is 12.1 Å². The van der Waals surface area contributed by atoms with Gasteiger partial charge in [0.15, 0.2) is 11.6 Å². The van der Waals surface area contributed by atoms with Gasteiger partial charge >= 0.3 is 0 Å².